The van der Waals surface area contributed by atoms with Gasteiger partial charge in [-0.25, -0.2) is 4.39 Å². The van der Waals surface area contributed by atoms with E-state index in [0.29, 0.717) is 0 Å². The topological polar surface area (TPSA) is 26.0 Å². The Kier molecular flexibility index (Phi) is 0.854. The maximum Gasteiger partial charge on any atom is 0.115 e. The summed E-state index contributed by atoms with van der Waals surface area (Å²) >= 11 is 0. The Bertz CT molecular complexity index is 76.1. The minimum atomic E-state index is -0.813. The molecule has 0 spiro atoms. The van der Waals surface area contributed by atoms with Gasteiger partial charge in [0, 0.05) is 5.54 Å². The van der Waals surface area contributed by atoms with Gasteiger partial charge in [0.05, 0.1) is 0 Å². The van der Waals surface area contributed by atoms with Crippen molar-refractivity contribution in [1.29, 1.82) is 0 Å². The van der Waals surface area contributed by atoms with Crippen LogP contribution < -0.4 is 5.73 Å². The Morgan fingerprint density at radius 1 is 1.71 bits per heavy atom. The zero-order chi connectivity index (χ0) is 5.49. The molecule has 1 saturated carbocycles. The summed E-state index contributed by atoms with van der Waals surface area (Å²) in [5, 5.41) is 0. The van der Waals surface area contributed by atoms with E-state index in [0.717, 1.165) is 12.8 Å². The van der Waals surface area contributed by atoms with E-state index in [1.807, 2.05) is 0 Å². The second-order valence-corrected chi connectivity index (χ2v) is 2.35. The van der Waals surface area contributed by atoms with Crippen LogP contribution in [0.1, 0.15) is 19.8 Å². The standard InChI is InChI=1S/C5H10FN/c1-4(6)5(7)2-3-5/h4H,2-3,7H2,1H3. The Hall–Kier alpha value is -0.110. The SMILES string of the molecule is CC(F)C1(N)CC1. The van der Waals surface area contributed by atoms with Gasteiger partial charge in [0.1, 0.15) is 6.17 Å². The average molecular weight is 103 g/mol. The summed E-state index contributed by atoms with van der Waals surface area (Å²) in [5.41, 5.74) is 5.00. The van der Waals surface area contributed by atoms with E-state index in [2.05, 4.69) is 0 Å². The van der Waals surface area contributed by atoms with Gasteiger partial charge in [0.2, 0.25) is 0 Å². The summed E-state index contributed by atoms with van der Waals surface area (Å²) < 4.78 is 12.1. The van der Waals surface area contributed by atoms with Gasteiger partial charge in [0.25, 0.3) is 0 Å². The van der Waals surface area contributed by atoms with E-state index >= 15 is 0 Å². The van der Waals surface area contributed by atoms with Crippen LogP contribution in [-0.4, -0.2) is 11.7 Å². The lowest BCUT2D eigenvalue weighted by molar-refractivity contribution is 0.292. The maximum atomic E-state index is 12.1. The fraction of sp³-hybridized carbons (Fsp3) is 1.00. The lowest BCUT2D eigenvalue weighted by Crippen LogP contribution is -2.31. The van der Waals surface area contributed by atoms with Crippen molar-refractivity contribution in [2.75, 3.05) is 0 Å². The Morgan fingerprint density at radius 3 is 2.14 bits per heavy atom. The molecule has 0 bridgehead atoms. The summed E-state index contributed by atoms with van der Waals surface area (Å²) in [6, 6.07) is 0. The first-order chi connectivity index (χ1) is 3.15. The zero-order valence-corrected chi connectivity index (χ0v) is 4.45. The van der Waals surface area contributed by atoms with Crippen LogP contribution in [-0.2, 0) is 0 Å². The van der Waals surface area contributed by atoms with Crippen molar-refractivity contribution in [2.45, 2.75) is 31.5 Å². The van der Waals surface area contributed by atoms with Crippen LogP contribution in [0.15, 0.2) is 0 Å². The molecule has 1 atom stereocenters. The van der Waals surface area contributed by atoms with Crippen molar-refractivity contribution in [3.63, 3.8) is 0 Å². The van der Waals surface area contributed by atoms with Crippen molar-refractivity contribution < 1.29 is 4.39 Å². The number of nitrogens with two attached hydrogens (primary N) is 1. The third-order valence-electron chi connectivity index (χ3n) is 1.62. The summed E-state index contributed by atoms with van der Waals surface area (Å²) in [7, 11) is 0. The van der Waals surface area contributed by atoms with E-state index in [4.69, 9.17) is 5.73 Å². The number of alkyl halides is 1. The quantitative estimate of drug-likeness (QED) is 0.522. The second-order valence-electron chi connectivity index (χ2n) is 2.35. The first-order valence-electron chi connectivity index (χ1n) is 2.58. The average Bonchev–Trinajstić information content (AvgIpc) is 2.21. The molecule has 42 valence electrons. The fourth-order valence-corrected chi connectivity index (χ4v) is 0.542. The van der Waals surface area contributed by atoms with Crippen LogP contribution in [0, 0.1) is 0 Å². The number of hydrogen-bond donors (Lipinski definition) is 1. The predicted molar refractivity (Wildman–Crippen MR) is 26.7 cm³/mol. The van der Waals surface area contributed by atoms with Gasteiger partial charge in [0.15, 0.2) is 0 Å². The Labute approximate surface area is 42.7 Å². The van der Waals surface area contributed by atoms with Crippen LogP contribution in [0.25, 0.3) is 0 Å². The summed E-state index contributed by atoms with van der Waals surface area (Å²) in [6.45, 7) is 1.52. The molecule has 1 rings (SSSR count). The third-order valence-corrected chi connectivity index (χ3v) is 1.62. The molecular formula is C5H10FN. The zero-order valence-electron chi connectivity index (χ0n) is 4.45. The molecule has 1 aliphatic carbocycles. The van der Waals surface area contributed by atoms with E-state index in [1.54, 1.807) is 0 Å². The first-order valence-corrected chi connectivity index (χ1v) is 2.58. The van der Waals surface area contributed by atoms with E-state index < -0.39 is 11.7 Å². The molecule has 1 aliphatic rings. The molecule has 1 fully saturated rings. The molecule has 0 saturated heterocycles. The number of rotatable bonds is 1. The lowest BCUT2D eigenvalue weighted by atomic mass is 10.2. The van der Waals surface area contributed by atoms with Crippen molar-refractivity contribution in [1.82, 2.24) is 0 Å². The summed E-state index contributed by atoms with van der Waals surface area (Å²) in [5.74, 6) is 0. The number of hydrogen-bond acceptors (Lipinski definition) is 1. The predicted octanol–water partition coefficient (Wildman–Crippen LogP) is 0.836. The highest BCUT2D eigenvalue weighted by Crippen LogP contribution is 2.36. The minimum Gasteiger partial charge on any atom is -0.323 e. The normalized spacial score (nSPS) is 29.6. The van der Waals surface area contributed by atoms with Gasteiger partial charge >= 0.3 is 0 Å². The molecular weight excluding hydrogens is 93.1 g/mol. The molecule has 0 amide bonds. The van der Waals surface area contributed by atoms with Crippen molar-refractivity contribution in [2.24, 2.45) is 5.73 Å². The molecule has 2 N–H and O–H groups in total. The van der Waals surface area contributed by atoms with Gasteiger partial charge in [-0.2, -0.15) is 0 Å². The van der Waals surface area contributed by atoms with Gasteiger partial charge in [-0.3, -0.25) is 0 Å². The lowest BCUT2D eigenvalue weighted by Gasteiger charge is -2.06. The minimum absolute atomic E-state index is 0.417. The fourth-order valence-electron chi connectivity index (χ4n) is 0.542. The smallest absolute Gasteiger partial charge is 0.115 e. The molecule has 7 heavy (non-hydrogen) atoms. The van der Waals surface area contributed by atoms with Crippen molar-refractivity contribution in [3.05, 3.63) is 0 Å². The van der Waals surface area contributed by atoms with Gasteiger partial charge in [-0.1, -0.05) is 0 Å². The van der Waals surface area contributed by atoms with Crippen LogP contribution in [0.4, 0.5) is 4.39 Å². The highest BCUT2D eigenvalue weighted by atomic mass is 19.1. The monoisotopic (exact) mass is 103 g/mol. The largest absolute Gasteiger partial charge is 0.323 e. The molecule has 1 unspecified atom stereocenters. The molecule has 0 aliphatic heterocycles. The third kappa shape index (κ3) is 0.752. The van der Waals surface area contributed by atoms with Crippen LogP contribution in [0.3, 0.4) is 0 Å². The Morgan fingerprint density at radius 2 is 2.14 bits per heavy atom. The van der Waals surface area contributed by atoms with Crippen LogP contribution in [0.5, 0.6) is 0 Å². The van der Waals surface area contributed by atoms with Crippen molar-refractivity contribution >= 4 is 0 Å². The van der Waals surface area contributed by atoms with Crippen LogP contribution >= 0.6 is 0 Å². The second kappa shape index (κ2) is 1.19. The van der Waals surface area contributed by atoms with Crippen molar-refractivity contribution in [3.8, 4) is 0 Å². The highest BCUT2D eigenvalue weighted by molar-refractivity contribution is 5.02. The maximum absolute atomic E-state index is 12.1. The molecule has 2 heteroatoms. The Balaban J connectivity index is 2.39. The summed E-state index contributed by atoms with van der Waals surface area (Å²) in [6.07, 6.45) is 0.919. The molecule has 0 aromatic rings. The summed E-state index contributed by atoms with van der Waals surface area (Å²) in [4.78, 5) is 0. The highest BCUT2D eigenvalue weighted by Gasteiger charge is 2.43. The van der Waals surface area contributed by atoms with E-state index in [-0.39, 0.29) is 0 Å². The van der Waals surface area contributed by atoms with E-state index in [9.17, 15) is 4.39 Å². The van der Waals surface area contributed by atoms with Gasteiger partial charge < -0.3 is 5.73 Å². The number of halogens is 1. The molecule has 1 nitrogen and oxygen atoms in total. The van der Waals surface area contributed by atoms with Crippen LogP contribution in [0.2, 0.25) is 0 Å². The molecule has 0 radical (unpaired) electrons. The molecule has 0 heterocycles. The first kappa shape index (κ1) is 5.04. The molecule has 0 aromatic carbocycles. The molecule has 0 aromatic heterocycles. The van der Waals surface area contributed by atoms with Gasteiger partial charge in [-0.15, -0.1) is 0 Å². The van der Waals surface area contributed by atoms with Gasteiger partial charge in [-0.05, 0) is 19.8 Å². The van der Waals surface area contributed by atoms with E-state index in [1.165, 1.54) is 6.92 Å².